The van der Waals surface area contributed by atoms with Gasteiger partial charge in [-0.1, -0.05) is 45.0 Å². The Hall–Kier alpha value is -0.530. The summed E-state index contributed by atoms with van der Waals surface area (Å²) in [6.07, 6.45) is 0. The first-order chi connectivity index (χ1) is 6.99. The summed E-state index contributed by atoms with van der Waals surface area (Å²) >= 11 is 5.87. The van der Waals surface area contributed by atoms with Crippen molar-refractivity contribution in [3.8, 4) is 0 Å². The molecule has 0 saturated carbocycles. The minimum absolute atomic E-state index is 0.217. The smallest absolute Gasteiger partial charge is 0.0455 e. The summed E-state index contributed by atoms with van der Waals surface area (Å²) in [7, 11) is 1.94. The van der Waals surface area contributed by atoms with Crippen LogP contribution >= 0.6 is 11.6 Å². The van der Waals surface area contributed by atoms with E-state index in [0.29, 0.717) is 5.88 Å². The number of hydrogen-bond donors (Lipinski definition) is 1. The molecule has 0 saturated heterocycles. The summed E-state index contributed by atoms with van der Waals surface area (Å²) in [5.74, 6) is 0.603. The van der Waals surface area contributed by atoms with Crippen LogP contribution in [0.3, 0.4) is 0 Å². The van der Waals surface area contributed by atoms with Gasteiger partial charge in [-0.05, 0) is 23.6 Å². The quantitative estimate of drug-likeness (QED) is 0.777. The molecule has 0 fully saturated rings. The van der Waals surface area contributed by atoms with Gasteiger partial charge in [0.25, 0.3) is 0 Å². The zero-order valence-corrected chi connectivity index (χ0v) is 10.7. The van der Waals surface area contributed by atoms with Gasteiger partial charge < -0.3 is 5.32 Å². The molecular weight excluding hydrogens is 206 g/mol. The van der Waals surface area contributed by atoms with Crippen molar-refractivity contribution in [3.05, 3.63) is 35.4 Å². The maximum Gasteiger partial charge on any atom is 0.0455 e. The second kappa shape index (κ2) is 5.00. The number of benzene rings is 1. The average molecular weight is 226 g/mol. The van der Waals surface area contributed by atoms with Crippen LogP contribution in [0.15, 0.2) is 24.3 Å². The van der Waals surface area contributed by atoms with Crippen molar-refractivity contribution in [2.45, 2.75) is 32.2 Å². The van der Waals surface area contributed by atoms with Gasteiger partial charge in [-0.15, -0.1) is 11.6 Å². The van der Waals surface area contributed by atoms with Crippen LogP contribution in [0.5, 0.6) is 0 Å². The first-order valence-electron chi connectivity index (χ1n) is 5.32. The highest BCUT2D eigenvalue weighted by molar-refractivity contribution is 6.18. The Balaban J connectivity index is 2.89. The molecule has 0 heterocycles. The highest BCUT2D eigenvalue weighted by Gasteiger charge is 2.14. The fourth-order valence-electron chi connectivity index (χ4n) is 1.55. The van der Waals surface area contributed by atoms with Crippen molar-refractivity contribution in [1.82, 2.24) is 5.32 Å². The summed E-state index contributed by atoms with van der Waals surface area (Å²) < 4.78 is 0. The van der Waals surface area contributed by atoms with Crippen molar-refractivity contribution < 1.29 is 0 Å². The Morgan fingerprint density at radius 1 is 1.20 bits per heavy atom. The van der Waals surface area contributed by atoms with Crippen LogP contribution < -0.4 is 5.32 Å². The molecule has 1 nitrogen and oxygen atoms in total. The van der Waals surface area contributed by atoms with E-state index in [-0.39, 0.29) is 11.5 Å². The summed E-state index contributed by atoms with van der Waals surface area (Å²) in [6, 6.07) is 8.94. The fourth-order valence-corrected chi connectivity index (χ4v) is 1.88. The third kappa shape index (κ3) is 3.22. The fraction of sp³-hybridized carbons (Fsp3) is 0.538. The third-order valence-corrected chi connectivity index (χ3v) is 2.99. The Kier molecular flexibility index (Phi) is 4.18. The summed E-state index contributed by atoms with van der Waals surface area (Å²) in [5.41, 5.74) is 2.82. The van der Waals surface area contributed by atoms with E-state index in [1.807, 2.05) is 7.05 Å². The molecule has 15 heavy (non-hydrogen) atoms. The first-order valence-corrected chi connectivity index (χ1v) is 5.86. The Morgan fingerprint density at radius 2 is 1.73 bits per heavy atom. The molecule has 0 aromatic heterocycles. The lowest BCUT2D eigenvalue weighted by atomic mass is 9.86. The second-order valence-electron chi connectivity index (χ2n) is 4.87. The number of alkyl halides is 1. The maximum atomic E-state index is 5.87. The van der Waals surface area contributed by atoms with Gasteiger partial charge in [-0.25, -0.2) is 0 Å². The Labute approximate surface area is 97.8 Å². The van der Waals surface area contributed by atoms with Gasteiger partial charge in [-0.2, -0.15) is 0 Å². The van der Waals surface area contributed by atoms with Crippen LogP contribution in [0.2, 0.25) is 0 Å². The topological polar surface area (TPSA) is 12.0 Å². The lowest BCUT2D eigenvalue weighted by Gasteiger charge is -2.20. The van der Waals surface area contributed by atoms with Crippen molar-refractivity contribution in [2.75, 3.05) is 12.9 Å². The lowest BCUT2D eigenvalue weighted by Crippen LogP contribution is -2.18. The van der Waals surface area contributed by atoms with E-state index >= 15 is 0 Å². The van der Waals surface area contributed by atoms with Crippen molar-refractivity contribution in [2.24, 2.45) is 0 Å². The van der Waals surface area contributed by atoms with Gasteiger partial charge in [0.05, 0.1) is 0 Å². The molecule has 1 rings (SSSR count). The molecule has 1 atom stereocenters. The van der Waals surface area contributed by atoms with Crippen LogP contribution in [0, 0.1) is 0 Å². The Bertz CT molecular complexity index is 293. The normalized spacial score (nSPS) is 13.9. The molecule has 1 aromatic rings. The molecule has 1 aromatic carbocycles. The van der Waals surface area contributed by atoms with Crippen LogP contribution in [-0.4, -0.2) is 12.9 Å². The molecule has 0 radical (unpaired) electrons. The number of rotatable bonds is 3. The van der Waals surface area contributed by atoms with Gasteiger partial charge in [-0.3, -0.25) is 0 Å². The largest absolute Gasteiger partial charge is 0.312 e. The zero-order valence-electron chi connectivity index (χ0n) is 9.97. The van der Waals surface area contributed by atoms with E-state index in [1.54, 1.807) is 0 Å². The van der Waals surface area contributed by atoms with E-state index < -0.39 is 0 Å². The summed E-state index contributed by atoms with van der Waals surface area (Å²) in [4.78, 5) is 0. The summed E-state index contributed by atoms with van der Waals surface area (Å²) in [6.45, 7) is 6.66. The van der Waals surface area contributed by atoms with E-state index in [2.05, 4.69) is 50.4 Å². The van der Waals surface area contributed by atoms with Crippen LogP contribution in [0.25, 0.3) is 0 Å². The van der Waals surface area contributed by atoms with E-state index in [1.165, 1.54) is 11.1 Å². The predicted octanol–water partition coefficient (Wildman–Crippen LogP) is 3.48. The molecule has 0 aliphatic heterocycles. The maximum absolute atomic E-state index is 5.87. The van der Waals surface area contributed by atoms with Gasteiger partial charge >= 0.3 is 0 Å². The minimum atomic E-state index is 0.217. The summed E-state index contributed by atoms with van der Waals surface area (Å²) in [5, 5.41) is 3.19. The third-order valence-electron chi connectivity index (χ3n) is 2.68. The van der Waals surface area contributed by atoms with Crippen molar-refractivity contribution in [3.63, 3.8) is 0 Å². The number of nitrogens with one attached hydrogen (secondary N) is 1. The van der Waals surface area contributed by atoms with Gasteiger partial charge in [0.15, 0.2) is 0 Å². The van der Waals surface area contributed by atoms with Gasteiger partial charge in [0, 0.05) is 11.9 Å². The molecule has 1 N–H and O–H groups in total. The average Bonchev–Trinajstić information content (AvgIpc) is 2.19. The van der Waals surface area contributed by atoms with E-state index in [9.17, 15) is 0 Å². The van der Waals surface area contributed by atoms with E-state index in [0.717, 1.165) is 0 Å². The molecule has 0 aliphatic carbocycles. The van der Waals surface area contributed by atoms with E-state index in [4.69, 9.17) is 11.6 Å². The van der Waals surface area contributed by atoms with Crippen molar-refractivity contribution in [1.29, 1.82) is 0 Å². The van der Waals surface area contributed by atoms with Crippen molar-refractivity contribution >= 4 is 11.6 Å². The highest BCUT2D eigenvalue weighted by Crippen LogP contribution is 2.24. The van der Waals surface area contributed by atoms with Crippen LogP contribution in [0.1, 0.15) is 37.9 Å². The van der Waals surface area contributed by atoms with Gasteiger partial charge in [0.2, 0.25) is 0 Å². The predicted molar refractivity (Wildman–Crippen MR) is 67.7 cm³/mol. The molecule has 0 spiro atoms. The molecule has 1 unspecified atom stereocenters. The second-order valence-corrected chi connectivity index (χ2v) is 5.18. The highest BCUT2D eigenvalue weighted by atomic mass is 35.5. The Morgan fingerprint density at radius 3 is 2.07 bits per heavy atom. The molecule has 0 amide bonds. The zero-order chi connectivity index (χ0) is 11.5. The molecule has 0 bridgehead atoms. The van der Waals surface area contributed by atoms with Gasteiger partial charge in [0.1, 0.15) is 0 Å². The SMILES string of the molecule is CNC(CCl)c1ccc(C(C)(C)C)cc1. The lowest BCUT2D eigenvalue weighted by molar-refractivity contribution is 0.588. The number of hydrogen-bond acceptors (Lipinski definition) is 1. The molecule has 84 valence electrons. The first kappa shape index (κ1) is 12.5. The monoisotopic (exact) mass is 225 g/mol. The van der Waals surface area contributed by atoms with Crippen LogP contribution in [0.4, 0.5) is 0 Å². The number of halogens is 1. The molecular formula is C13H20ClN. The standard InChI is InChI=1S/C13H20ClN/c1-13(2,3)11-7-5-10(6-8-11)12(9-14)15-4/h5-8,12,15H,9H2,1-4H3. The minimum Gasteiger partial charge on any atom is -0.312 e. The molecule has 0 aliphatic rings. The molecule has 2 heteroatoms. The van der Waals surface area contributed by atoms with Crippen LogP contribution in [-0.2, 0) is 5.41 Å².